The van der Waals surface area contributed by atoms with E-state index in [1.807, 2.05) is 6.07 Å². The summed E-state index contributed by atoms with van der Waals surface area (Å²) in [5.41, 5.74) is 2.96. The number of carbonyl (C=O) groups excluding carboxylic acids is 1. The number of anilines is 1. The highest BCUT2D eigenvalue weighted by Crippen LogP contribution is 2.32. The van der Waals surface area contributed by atoms with Crippen molar-refractivity contribution < 1.29 is 4.79 Å². The van der Waals surface area contributed by atoms with Crippen LogP contribution in [0.1, 0.15) is 10.5 Å². The van der Waals surface area contributed by atoms with Crippen LogP contribution in [0.15, 0.2) is 29.8 Å². The van der Waals surface area contributed by atoms with Gasteiger partial charge in [0.2, 0.25) is 0 Å². The van der Waals surface area contributed by atoms with E-state index < -0.39 is 5.91 Å². The SMILES string of the molecule is O=C(Nc1c(Cl)ccc2scnc12)c1ccc(Cl)nn1. The second-order valence-corrected chi connectivity index (χ2v) is 5.50. The van der Waals surface area contributed by atoms with E-state index >= 15 is 0 Å². The van der Waals surface area contributed by atoms with Gasteiger partial charge in [-0.15, -0.1) is 21.5 Å². The molecule has 100 valence electrons. The molecule has 3 aromatic rings. The quantitative estimate of drug-likeness (QED) is 0.781. The number of hydrogen-bond acceptors (Lipinski definition) is 5. The van der Waals surface area contributed by atoms with Crippen LogP contribution in [-0.2, 0) is 0 Å². The molecule has 3 rings (SSSR count). The summed E-state index contributed by atoms with van der Waals surface area (Å²) >= 11 is 13.2. The van der Waals surface area contributed by atoms with E-state index in [1.165, 1.54) is 23.5 Å². The number of hydrogen-bond donors (Lipinski definition) is 1. The van der Waals surface area contributed by atoms with Crippen molar-refractivity contribution in [1.82, 2.24) is 15.2 Å². The van der Waals surface area contributed by atoms with Crippen LogP contribution in [-0.4, -0.2) is 21.1 Å². The summed E-state index contributed by atoms with van der Waals surface area (Å²) in [5, 5.41) is 10.7. The topological polar surface area (TPSA) is 67.8 Å². The number of nitrogens with one attached hydrogen (secondary N) is 1. The molecule has 2 aromatic heterocycles. The zero-order valence-corrected chi connectivity index (χ0v) is 12.1. The number of aromatic nitrogens is 3. The molecule has 0 aliphatic rings. The van der Waals surface area contributed by atoms with Crippen LogP contribution in [0.4, 0.5) is 5.69 Å². The number of halogens is 2. The lowest BCUT2D eigenvalue weighted by atomic mass is 10.2. The number of nitrogens with zero attached hydrogens (tertiary/aromatic N) is 3. The second-order valence-electron chi connectivity index (χ2n) is 3.82. The molecule has 0 aliphatic carbocycles. The molecule has 2 heterocycles. The molecular weight excluding hydrogens is 319 g/mol. The normalized spacial score (nSPS) is 10.7. The lowest BCUT2D eigenvalue weighted by Crippen LogP contribution is -2.14. The van der Waals surface area contributed by atoms with E-state index in [2.05, 4.69) is 20.5 Å². The van der Waals surface area contributed by atoms with Crippen LogP contribution in [0.25, 0.3) is 10.2 Å². The van der Waals surface area contributed by atoms with Gasteiger partial charge < -0.3 is 5.32 Å². The number of thiazole rings is 1. The maximum absolute atomic E-state index is 12.1. The smallest absolute Gasteiger partial charge is 0.276 e. The molecule has 8 heteroatoms. The molecule has 0 unspecified atom stereocenters. The van der Waals surface area contributed by atoms with Crippen LogP contribution < -0.4 is 5.32 Å². The number of rotatable bonds is 2. The number of benzene rings is 1. The molecule has 0 atom stereocenters. The van der Waals surface area contributed by atoms with Crippen LogP contribution in [0.3, 0.4) is 0 Å². The van der Waals surface area contributed by atoms with Crippen molar-refractivity contribution in [2.24, 2.45) is 0 Å². The molecule has 5 nitrogen and oxygen atoms in total. The van der Waals surface area contributed by atoms with Gasteiger partial charge in [-0.25, -0.2) is 4.98 Å². The first-order chi connectivity index (χ1) is 9.65. The molecular formula is C12H6Cl2N4OS. The van der Waals surface area contributed by atoms with Crippen molar-refractivity contribution in [3.63, 3.8) is 0 Å². The Kier molecular flexibility index (Phi) is 3.52. The molecule has 20 heavy (non-hydrogen) atoms. The van der Waals surface area contributed by atoms with Gasteiger partial charge in [-0.1, -0.05) is 23.2 Å². The van der Waals surface area contributed by atoms with Gasteiger partial charge in [-0.05, 0) is 24.3 Å². The maximum atomic E-state index is 12.1. The third-order valence-corrected chi connectivity index (χ3v) is 3.87. The van der Waals surface area contributed by atoms with E-state index in [-0.39, 0.29) is 10.8 Å². The van der Waals surface area contributed by atoms with E-state index in [0.717, 1.165) is 4.70 Å². The molecule has 1 aromatic carbocycles. The minimum absolute atomic E-state index is 0.151. The highest BCUT2D eigenvalue weighted by Gasteiger charge is 2.14. The third kappa shape index (κ3) is 2.45. The summed E-state index contributed by atoms with van der Waals surface area (Å²) < 4.78 is 0.937. The fourth-order valence-corrected chi connectivity index (χ4v) is 2.63. The summed E-state index contributed by atoms with van der Waals surface area (Å²) in [6.45, 7) is 0. The first-order valence-electron chi connectivity index (χ1n) is 5.47. The van der Waals surface area contributed by atoms with Crippen molar-refractivity contribution in [1.29, 1.82) is 0 Å². The lowest BCUT2D eigenvalue weighted by molar-refractivity contribution is 0.102. The zero-order valence-electron chi connectivity index (χ0n) is 9.80. The van der Waals surface area contributed by atoms with E-state index in [1.54, 1.807) is 11.6 Å². The number of carbonyl (C=O) groups is 1. The van der Waals surface area contributed by atoms with E-state index in [0.29, 0.717) is 16.2 Å². The van der Waals surface area contributed by atoms with Gasteiger partial charge in [-0.3, -0.25) is 4.79 Å². The van der Waals surface area contributed by atoms with Gasteiger partial charge in [0.15, 0.2) is 10.8 Å². The minimum atomic E-state index is -0.420. The lowest BCUT2D eigenvalue weighted by Gasteiger charge is -2.07. The average molecular weight is 325 g/mol. The Bertz CT molecular complexity index is 788. The predicted octanol–water partition coefficient (Wildman–Crippen LogP) is 3.65. The highest BCUT2D eigenvalue weighted by molar-refractivity contribution is 7.16. The van der Waals surface area contributed by atoms with Gasteiger partial charge in [0.25, 0.3) is 5.91 Å². The van der Waals surface area contributed by atoms with Gasteiger partial charge in [0.1, 0.15) is 5.52 Å². The second kappa shape index (κ2) is 5.32. The summed E-state index contributed by atoms with van der Waals surface area (Å²) in [6, 6.07) is 6.55. The molecule has 0 bridgehead atoms. The Hall–Kier alpha value is -1.76. The molecule has 0 spiro atoms. The standard InChI is InChI=1S/C12H6Cl2N4OS/c13-6-1-3-8-11(15-5-20-8)10(6)16-12(19)7-2-4-9(14)18-17-7/h1-5H,(H,16,19). The molecule has 0 fully saturated rings. The third-order valence-electron chi connectivity index (χ3n) is 2.55. The Labute approximate surface area is 127 Å². The molecule has 0 aliphatic heterocycles. The zero-order chi connectivity index (χ0) is 14.1. The van der Waals surface area contributed by atoms with Gasteiger partial charge in [-0.2, -0.15) is 0 Å². The van der Waals surface area contributed by atoms with Crippen LogP contribution in [0.5, 0.6) is 0 Å². The van der Waals surface area contributed by atoms with Crippen molar-refractivity contribution in [2.75, 3.05) is 5.32 Å². The summed E-state index contributed by atoms with van der Waals surface area (Å²) in [4.78, 5) is 16.3. The van der Waals surface area contributed by atoms with Crippen LogP contribution >= 0.6 is 34.5 Å². The van der Waals surface area contributed by atoms with Crippen molar-refractivity contribution in [2.45, 2.75) is 0 Å². The van der Waals surface area contributed by atoms with Gasteiger partial charge in [0, 0.05) is 0 Å². The van der Waals surface area contributed by atoms with E-state index in [9.17, 15) is 4.79 Å². The fraction of sp³-hybridized carbons (Fsp3) is 0. The summed E-state index contributed by atoms with van der Waals surface area (Å²) in [6.07, 6.45) is 0. The first-order valence-corrected chi connectivity index (χ1v) is 7.11. The van der Waals surface area contributed by atoms with E-state index in [4.69, 9.17) is 23.2 Å². The molecule has 1 amide bonds. The minimum Gasteiger partial charge on any atom is -0.317 e. The Morgan fingerprint density at radius 2 is 2.00 bits per heavy atom. The average Bonchev–Trinajstić information content (AvgIpc) is 2.91. The molecule has 1 N–H and O–H groups in total. The van der Waals surface area contributed by atoms with Gasteiger partial charge >= 0.3 is 0 Å². The number of fused-ring (bicyclic) bond motifs is 1. The van der Waals surface area contributed by atoms with Gasteiger partial charge in [0.05, 0.1) is 20.9 Å². The first kappa shape index (κ1) is 13.2. The van der Waals surface area contributed by atoms with Crippen molar-refractivity contribution in [3.05, 3.63) is 45.6 Å². The molecule has 0 saturated carbocycles. The number of amides is 1. The molecule has 0 radical (unpaired) electrons. The summed E-state index contributed by atoms with van der Waals surface area (Å²) in [5.74, 6) is -0.420. The molecule has 0 saturated heterocycles. The van der Waals surface area contributed by atoms with Crippen molar-refractivity contribution in [3.8, 4) is 0 Å². The predicted molar refractivity (Wildman–Crippen MR) is 79.6 cm³/mol. The summed E-state index contributed by atoms with van der Waals surface area (Å²) in [7, 11) is 0. The van der Waals surface area contributed by atoms with Crippen LogP contribution in [0.2, 0.25) is 10.2 Å². The van der Waals surface area contributed by atoms with Crippen molar-refractivity contribution >= 4 is 56.3 Å². The maximum Gasteiger partial charge on any atom is 0.276 e. The monoisotopic (exact) mass is 324 g/mol. The Balaban J connectivity index is 1.96. The van der Waals surface area contributed by atoms with Crippen LogP contribution in [0, 0.1) is 0 Å². The Morgan fingerprint density at radius 1 is 1.15 bits per heavy atom. The fourth-order valence-electron chi connectivity index (χ4n) is 1.64. The largest absolute Gasteiger partial charge is 0.317 e. The Morgan fingerprint density at radius 3 is 2.75 bits per heavy atom. The highest BCUT2D eigenvalue weighted by atomic mass is 35.5.